The largest absolute Gasteiger partial charge is 0.396 e. The van der Waals surface area contributed by atoms with Crippen LogP contribution in [0, 0.1) is 5.92 Å². The molecule has 0 saturated carbocycles. The van der Waals surface area contributed by atoms with Crippen molar-refractivity contribution in [1.82, 2.24) is 4.31 Å². The van der Waals surface area contributed by atoms with E-state index in [-0.39, 0.29) is 18.3 Å². The third-order valence-electron chi connectivity index (χ3n) is 3.39. The minimum atomic E-state index is -3.08. The van der Waals surface area contributed by atoms with Gasteiger partial charge in [0.1, 0.15) is 0 Å². The Bertz CT molecular complexity index is 303. The van der Waals surface area contributed by atoms with Crippen molar-refractivity contribution in [2.24, 2.45) is 5.92 Å². The number of piperidine rings is 1. The van der Waals surface area contributed by atoms with Gasteiger partial charge in [0.25, 0.3) is 0 Å². The SMILES string of the molecule is CCCCCCS(=O)(=O)N1CCCC(CO)C1. The van der Waals surface area contributed by atoms with E-state index in [1.807, 2.05) is 0 Å². The Morgan fingerprint density at radius 1 is 1.29 bits per heavy atom. The summed E-state index contributed by atoms with van der Waals surface area (Å²) in [6.45, 7) is 3.35. The van der Waals surface area contributed by atoms with E-state index < -0.39 is 10.0 Å². The van der Waals surface area contributed by atoms with Crippen LogP contribution < -0.4 is 0 Å². The van der Waals surface area contributed by atoms with Crippen LogP contribution in [0.4, 0.5) is 0 Å². The van der Waals surface area contributed by atoms with Gasteiger partial charge in [-0.15, -0.1) is 0 Å². The van der Waals surface area contributed by atoms with Gasteiger partial charge in [0.2, 0.25) is 10.0 Å². The zero-order chi connectivity index (χ0) is 12.7. The van der Waals surface area contributed by atoms with Crippen LogP contribution >= 0.6 is 0 Å². The lowest BCUT2D eigenvalue weighted by atomic mass is 10.0. The molecule has 1 heterocycles. The maximum atomic E-state index is 12.1. The average molecular weight is 263 g/mol. The van der Waals surface area contributed by atoms with E-state index in [1.54, 1.807) is 4.31 Å². The second-order valence-corrected chi connectivity index (χ2v) is 7.01. The third kappa shape index (κ3) is 4.94. The molecule has 0 radical (unpaired) electrons. The van der Waals surface area contributed by atoms with Crippen molar-refractivity contribution in [2.45, 2.75) is 45.4 Å². The Morgan fingerprint density at radius 2 is 2.06 bits per heavy atom. The van der Waals surface area contributed by atoms with Crippen molar-refractivity contribution < 1.29 is 13.5 Å². The van der Waals surface area contributed by atoms with Crippen molar-refractivity contribution in [1.29, 1.82) is 0 Å². The van der Waals surface area contributed by atoms with Crippen LogP contribution in [0.2, 0.25) is 0 Å². The molecule has 102 valence electrons. The molecule has 0 aromatic carbocycles. The van der Waals surface area contributed by atoms with Crippen LogP contribution in [-0.4, -0.2) is 43.3 Å². The van der Waals surface area contributed by atoms with Gasteiger partial charge in [-0.1, -0.05) is 26.2 Å². The van der Waals surface area contributed by atoms with Gasteiger partial charge in [-0.3, -0.25) is 0 Å². The number of sulfonamides is 1. The minimum Gasteiger partial charge on any atom is -0.396 e. The van der Waals surface area contributed by atoms with Crippen LogP contribution in [0.25, 0.3) is 0 Å². The molecule has 1 unspecified atom stereocenters. The summed E-state index contributed by atoms with van der Waals surface area (Å²) in [5.74, 6) is 0.402. The molecular weight excluding hydrogens is 238 g/mol. The number of aliphatic hydroxyl groups is 1. The lowest BCUT2D eigenvalue weighted by Gasteiger charge is -2.30. The Balaban J connectivity index is 2.40. The molecule has 4 nitrogen and oxygen atoms in total. The van der Waals surface area contributed by atoms with Gasteiger partial charge >= 0.3 is 0 Å². The first kappa shape index (κ1) is 14.9. The maximum absolute atomic E-state index is 12.1. The van der Waals surface area contributed by atoms with Gasteiger partial charge in [-0.05, 0) is 25.2 Å². The molecule has 0 bridgehead atoms. The second-order valence-electron chi connectivity index (χ2n) is 4.93. The Morgan fingerprint density at radius 3 is 2.71 bits per heavy atom. The fourth-order valence-corrected chi connectivity index (χ4v) is 3.94. The topological polar surface area (TPSA) is 57.6 Å². The van der Waals surface area contributed by atoms with E-state index in [0.717, 1.165) is 38.5 Å². The summed E-state index contributed by atoms with van der Waals surface area (Å²) in [5.41, 5.74) is 0. The van der Waals surface area contributed by atoms with E-state index in [0.29, 0.717) is 13.1 Å². The van der Waals surface area contributed by atoms with E-state index in [4.69, 9.17) is 5.11 Å². The normalized spacial score (nSPS) is 22.8. The van der Waals surface area contributed by atoms with Crippen LogP contribution in [0.1, 0.15) is 45.4 Å². The molecule has 1 atom stereocenters. The van der Waals surface area contributed by atoms with Gasteiger partial charge in [-0.25, -0.2) is 12.7 Å². The molecule has 0 aromatic rings. The number of hydrogen-bond donors (Lipinski definition) is 1. The van der Waals surface area contributed by atoms with Crippen LogP contribution in [0.15, 0.2) is 0 Å². The zero-order valence-electron chi connectivity index (χ0n) is 10.8. The highest BCUT2D eigenvalue weighted by molar-refractivity contribution is 7.89. The highest BCUT2D eigenvalue weighted by atomic mass is 32.2. The molecule has 1 N–H and O–H groups in total. The zero-order valence-corrected chi connectivity index (χ0v) is 11.6. The Labute approximate surface area is 105 Å². The monoisotopic (exact) mass is 263 g/mol. The minimum absolute atomic E-state index is 0.0991. The average Bonchev–Trinajstić information content (AvgIpc) is 2.35. The quantitative estimate of drug-likeness (QED) is 0.710. The molecule has 1 aliphatic heterocycles. The summed E-state index contributed by atoms with van der Waals surface area (Å²) in [4.78, 5) is 0. The standard InChI is InChI=1S/C12H25NO3S/c1-2-3-4-5-9-17(15,16)13-8-6-7-12(10-13)11-14/h12,14H,2-11H2,1H3. The first-order valence-electron chi connectivity index (χ1n) is 6.69. The number of unbranched alkanes of at least 4 members (excludes halogenated alkanes) is 3. The summed E-state index contributed by atoms with van der Waals surface area (Å²) in [5, 5.41) is 9.10. The lowest BCUT2D eigenvalue weighted by Crippen LogP contribution is -2.41. The Hall–Kier alpha value is -0.130. The molecule has 1 aliphatic rings. The van der Waals surface area contributed by atoms with Crippen molar-refractivity contribution in [3.63, 3.8) is 0 Å². The molecule has 0 aromatic heterocycles. The van der Waals surface area contributed by atoms with E-state index in [2.05, 4.69) is 6.92 Å². The maximum Gasteiger partial charge on any atom is 0.214 e. The highest BCUT2D eigenvalue weighted by Crippen LogP contribution is 2.19. The number of aliphatic hydroxyl groups excluding tert-OH is 1. The predicted octanol–water partition coefficient (Wildman–Crippen LogP) is 1.60. The molecular formula is C12H25NO3S. The van der Waals surface area contributed by atoms with Crippen molar-refractivity contribution in [3.05, 3.63) is 0 Å². The first-order chi connectivity index (χ1) is 8.10. The molecule has 0 amide bonds. The Kier molecular flexibility index (Phi) is 6.44. The smallest absolute Gasteiger partial charge is 0.214 e. The molecule has 1 saturated heterocycles. The summed E-state index contributed by atoms with van der Waals surface area (Å²) < 4.78 is 25.7. The van der Waals surface area contributed by atoms with Crippen LogP contribution in [-0.2, 0) is 10.0 Å². The molecule has 5 heteroatoms. The van der Waals surface area contributed by atoms with E-state index >= 15 is 0 Å². The van der Waals surface area contributed by atoms with Gasteiger partial charge in [0.15, 0.2) is 0 Å². The van der Waals surface area contributed by atoms with Gasteiger partial charge in [0.05, 0.1) is 5.75 Å². The molecule has 17 heavy (non-hydrogen) atoms. The number of nitrogens with zero attached hydrogens (tertiary/aromatic N) is 1. The van der Waals surface area contributed by atoms with E-state index in [9.17, 15) is 8.42 Å². The summed E-state index contributed by atoms with van der Waals surface area (Å²) in [7, 11) is -3.08. The lowest BCUT2D eigenvalue weighted by molar-refractivity contribution is 0.165. The second kappa shape index (κ2) is 7.34. The predicted molar refractivity (Wildman–Crippen MR) is 69.3 cm³/mol. The number of rotatable bonds is 7. The van der Waals surface area contributed by atoms with Crippen LogP contribution in [0.5, 0.6) is 0 Å². The van der Waals surface area contributed by atoms with E-state index in [1.165, 1.54) is 0 Å². The molecule has 1 rings (SSSR count). The number of hydrogen-bond acceptors (Lipinski definition) is 3. The molecule has 0 aliphatic carbocycles. The van der Waals surface area contributed by atoms with Gasteiger partial charge in [-0.2, -0.15) is 0 Å². The first-order valence-corrected chi connectivity index (χ1v) is 8.29. The van der Waals surface area contributed by atoms with Crippen molar-refractivity contribution in [3.8, 4) is 0 Å². The summed E-state index contributed by atoms with van der Waals surface area (Å²) in [6.07, 6.45) is 5.80. The fourth-order valence-electron chi connectivity index (χ4n) is 2.27. The third-order valence-corrected chi connectivity index (χ3v) is 5.31. The highest BCUT2D eigenvalue weighted by Gasteiger charge is 2.27. The van der Waals surface area contributed by atoms with Gasteiger partial charge in [0, 0.05) is 19.7 Å². The summed E-state index contributed by atoms with van der Waals surface area (Å²) >= 11 is 0. The van der Waals surface area contributed by atoms with Crippen molar-refractivity contribution in [2.75, 3.05) is 25.4 Å². The summed E-state index contributed by atoms with van der Waals surface area (Å²) in [6, 6.07) is 0. The molecule has 0 spiro atoms. The van der Waals surface area contributed by atoms with Crippen molar-refractivity contribution >= 4 is 10.0 Å². The molecule has 1 fully saturated rings. The van der Waals surface area contributed by atoms with Gasteiger partial charge < -0.3 is 5.11 Å². The van der Waals surface area contributed by atoms with Crippen LogP contribution in [0.3, 0.4) is 0 Å². The fraction of sp³-hybridized carbons (Fsp3) is 1.00.